The molecule has 5 heteroatoms. The number of halogens is 1. The Kier molecular flexibility index (Phi) is 7.29. The van der Waals surface area contributed by atoms with Crippen LogP contribution in [0.25, 0.3) is 10.8 Å². The van der Waals surface area contributed by atoms with Gasteiger partial charge in [0.1, 0.15) is 12.4 Å². The number of benzene rings is 2. The second kappa shape index (κ2) is 9.89. The van der Waals surface area contributed by atoms with Gasteiger partial charge in [-0.2, -0.15) is 0 Å². The number of nitrogens with zero attached hydrogens (tertiary/aromatic N) is 1. The maximum atomic E-state index is 10.5. The number of ether oxygens (including phenoxy) is 2. The summed E-state index contributed by atoms with van der Waals surface area (Å²) in [6, 6.07) is 16.1. The third-order valence-corrected chi connectivity index (χ3v) is 5.68. The molecule has 0 aliphatic carbocycles. The molecule has 0 saturated carbocycles. The van der Waals surface area contributed by atoms with Crippen molar-refractivity contribution in [1.82, 2.24) is 0 Å². The van der Waals surface area contributed by atoms with Gasteiger partial charge in [0.2, 0.25) is 6.20 Å². The molecule has 1 aliphatic rings. The van der Waals surface area contributed by atoms with E-state index in [0.717, 1.165) is 58.3 Å². The van der Waals surface area contributed by atoms with Crippen LogP contribution in [-0.2, 0) is 11.3 Å². The molecule has 0 bridgehead atoms. The summed E-state index contributed by atoms with van der Waals surface area (Å²) in [7, 11) is 0. The Bertz CT molecular complexity index is 909. The summed E-state index contributed by atoms with van der Waals surface area (Å²) in [5, 5.41) is 12.5. The van der Waals surface area contributed by atoms with Gasteiger partial charge in [-0.25, -0.2) is 0 Å². The van der Waals surface area contributed by atoms with Gasteiger partial charge in [0, 0.05) is 23.3 Å². The van der Waals surface area contributed by atoms with Crippen LogP contribution in [0.4, 0.5) is 0 Å². The van der Waals surface area contributed by atoms with Crippen molar-refractivity contribution in [3.8, 4) is 5.75 Å². The van der Waals surface area contributed by atoms with Gasteiger partial charge in [-0.3, -0.25) is 5.21 Å². The standard InChI is InChI=1S/C21H21BrNO3.C2H6/c22-20-19-7-6-18(26-14-15-4-2-1-3-5-15)12-17(19)13-23(24)21(20)16-8-10-25-11-9-16;1-2/h1-7,12-13,16,24H,8-11,14H2;1-2H3/q+1;. The zero-order valence-corrected chi connectivity index (χ0v) is 18.0. The monoisotopic (exact) mass is 444 g/mol. The van der Waals surface area contributed by atoms with E-state index in [1.54, 1.807) is 6.20 Å². The molecular formula is C23H27BrNO3+. The molecule has 1 aliphatic heterocycles. The van der Waals surface area contributed by atoms with E-state index in [9.17, 15) is 5.21 Å². The molecule has 1 aromatic heterocycles. The predicted octanol–water partition coefficient (Wildman–Crippen LogP) is 5.63. The van der Waals surface area contributed by atoms with Crippen molar-refractivity contribution >= 4 is 26.7 Å². The molecule has 0 atom stereocenters. The molecule has 4 rings (SSSR count). The van der Waals surface area contributed by atoms with Crippen LogP contribution in [0.2, 0.25) is 0 Å². The zero-order chi connectivity index (χ0) is 19.9. The Hall–Kier alpha value is -2.11. The van der Waals surface area contributed by atoms with Gasteiger partial charge >= 0.3 is 0 Å². The fourth-order valence-corrected chi connectivity index (χ4v) is 4.32. The highest BCUT2D eigenvalue weighted by Gasteiger charge is 2.30. The zero-order valence-electron chi connectivity index (χ0n) is 16.4. The van der Waals surface area contributed by atoms with E-state index in [2.05, 4.69) is 15.9 Å². The van der Waals surface area contributed by atoms with E-state index in [4.69, 9.17) is 9.47 Å². The number of hydrogen-bond donors (Lipinski definition) is 1. The molecule has 4 nitrogen and oxygen atoms in total. The average Bonchev–Trinajstić information content (AvgIpc) is 2.75. The summed E-state index contributed by atoms with van der Waals surface area (Å²) in [4.78, 5) is 0. The first-order chi connectivity index (χ1) is 13.7. The summed E-state index contributed by atoms with van der Waals surface area (Å²) in [5.41, 5.74) is 2.04. The molecule has 1 N–H and O–H groups in total. The summed E-state index contributed by atoms with van der Waals surface area (Å²) < 4.78 is 13.5. The second-order valence-electron chi connectivity index (χ2n) is 6.58. The molecule has 148 valence electrons. The van der Waals surface area contributed by atoms with Gasteiger partial charge in [-0.1, -0.05) is 44.2 Å². The van der Waals surface area contributed by atoms with Crippen LogP contribution >= 0.6 is 15.9 Å². The smallest absolute Gasteiger partial charge is 0.252 e. The number of pyridine rings is 1. The fraction of sp³-hybridized carbons (Fsp3) is 0.348. The minimum absolute atomic E-state index is 0.293. The molecule has 0 radical (unpaired) electrons. The number of rotatable bonds is 4. The highest BCUT2D eigenvalue weighted by Crippen LogP contribution is 2.35. The van der Waals surface area contributed by atoms with Gasteiger partial charge in [0.25, 0.3) is 5.69 Å². The number of hydrogen-bond acceptors (Lipinski definition) is 3. The van der Waals surface area contributed by atoms with Crippen LogP contribution in [0.5, 0.6) is 5.75 Å². The Labute approximate surface area is 174 Å². The Balaban J connectivity index is 0.00000109. The van der Waals surface area contributed by atoms with E-state index >= 15 is 0 Å². The van der Waals surface area contributed by atoms with Crippen molar-refractivity contribution in [2.45, 2.75) is 39.2 Å². The summed E-state index contributed by atoms with van der Waals surface area (Å²) in [6.07, 6.45) is 3.60. The van der Waals surface area contributed by atoms with E-state index < -0.39 is 0 Å². The van der Waals surface area contributed by atoms with Crippen LogP contribution < -0.4 is 9.47 Å². The van der Waals surface area contributed by atoms with Crippen molar-refractivity contribution in [3.05, 3.63) is 70.5 Å². The minimum atomic E-state index is 0.293. The fourth-order valence-electron chi connectivity index (χ4n) is 3.46. The van der Waals surface area contributed by atoms with E-state index in [0.29, 0.717) is 12.5 Å². The molecule has 2 aromatic carbocycles. The average molecular weight is 445 g/mol. The first-order valence-corrected chi connectivity index (χ1v) is 10.6. The molecular weight excluding hydrogens is 418 g/mol. The maximum absolute atomic E-state index is 10.5. The highest BCUT2D eigenvalue weighted by molar-refractivity contribution is 9.10. The number of fused-ring (bicyclic) bond motifs is 1. The minimum Gasteiger partial charge on any atom is -0.489 e. The Morgan fingerprint density at radius 3 is 2.54 bits per heavy atom. The summed E-state index contributed by atoms with van der Waals surface area (Å²) in [5.74, 6) is 1.08. The van der Waals surface area contributed by atoms with E-state index in [1.807, 2.05) is 62.4 Å². The van der Waals surface area contributed by atoms with Crippen molar-refractivity contribution in [1.29, 1.82) is 0 Å². The van der Waals surface area contributed by atoms with Gasteiger partial charge in [0.05, 0.1) is 15.8 Å². The molecule has 0 unspecified atom stereocenters. The lowest BCUT2D eigenvalue weighted by Gasteiger charge is -2.20. The number of aromatic nitrogens is 1. The topological polar surface area (TPSA) is 42.6 Å². The van der Waals surface area contributed by atoms with Gasteiger partial charge in [-0.05, 0) is 52.5 Å². The SMILES string of the molecule is CC.O[n+]1cc2cc(OCc3ccccc3)ccc2c(Br)c1C1CCOCC1. The summed E-state index contributed by atoms with van der Waals surface area (Å²) >= 11 is 3.71. The first-order valence-electron chi connectivity index (χ1n) is 9.84. The molecule has 3 aromatic rings. The molecule has 0 spiro atoms. The quantitative estimate of drug-likeness (QED) is 0.418. The summed E-state index contributed by atoms with van der Waals surface area (Å²) in [6.45, 7) is 6.00. The third kappa shape index (κ3) is 4.65. The Morgan fingerprint density at radius 2 is 1.82 bits per heavy atom. The van der Waals surface area contributed by atoms with Gasteiger partial charge in [-0.15, -0.1) is 0 Å². The predicted molar refractivity (Wildman–Crippen MR) is 114 cm³/mol. The molecule has 2 heterocycles. The van der Waals surface area contributed by atoms with Crippen LogP contribution in [0.1, 0.15) is 43.9 Å². The van der Waals surface area contributed by atoms with Crippen molar-refractivity contribution in [3.63, 3.8) is 0 Å². The Morgan fingerprint density at radius 1 is 1.11 bits per heavy atom. The molecule has 28 heavy (non-hydrogen) atoms. The molecule has 1 fully saturated rings. The van der Waals surface area contributed by atoms with Gasteiger partial charge in [0.15, 0.2) is 0 Å². The van der Waals surface area contributed by atoms with Crippen molar-refractivity contribution in [2.75, 3.05) is 13.2 Å². The lowest BCUT2D eigenvalue weighted by molar-refractivity contribution is -0.910. The van der Waals surface area contributed by atoms with E-state index in [-0.39, 0.29) is 0 Å². The maximum Gasteiger partial charge on any atom is 0.252 e. The third-order valence-electron chi connectivity index (χ3n) is 4.85. The second-order valence-corrected chi connectivity index (χ2v) is 7.38. The van der Waals surface area contributed by atoms with Crippen LogP contribution in [-0.4, -0.2) is 18.4 Å². The van der Waals surface area contributed by atoms with Crippen molar-refractivity contribution < 1.29 is 19.4 Å². The van der Waals surface area contributed by atoms with Gasteiger partial charge < -0.3 is 9.47 Å². The first kappa shape index (κ1) is 20.6. The van der Waals surface area contributed by atoms with E-state index in [1.165, 1.54) is 4.73 Å². The molecule has 0 amide bonds. The lowest BCUT2D eigenvalue weighted by Crippen LogP contribution is -2.38. The largest absolute Gasteiger partial charge is 0.489 e. The normalized spacial score (nSPS) is 14.4. The van der Waals surface area contributed by atoms with Crippen LogP contribution in [0.15, 0.2) is 59.2 Å². The van der Waals surface area contributed by atoms with Crippen LogP contribution in [0, 0.1) is 0 Å². The highest BCUT2D eigenvalue weighted by atomic mass is 79.9. The molecule has 1 saturated heterocycles. The van der Waals surface area contributed by atoms with Crippen LogP contribution in [0.3, 0.4) is 0 Å². The lowest BCUT2D eigenvalue weighted by atomic mass is 9.94. The van der Waals surface area contributed by atoms with Crippen molar-refractivity contribution in [2.24, 2.45) is 0 Å².